The summed E-state index contributed by atoms with van der Waals surface area (Å²) >= 11 is 0. The minimum Gasteiger partial charge on any atom is -0.300 e. The van der Waals surface area contributed by atoms with Crippen molar-refractivity contribution in [1.82, 2.24) is 0 Å². The highest BCUT2D eigenvalue weighted by Crippen LogP contribution is 2.23. The van der Waals surface area contributed by atoms with Crippen molar-refractivity contribution in [2.45, 2.75) is 20.3 Å². The highest BCUT2D eigenvalue weighted by atomic mass is 16.1. The Bertz CT molecular complexity index is 597. The van der Waals surface area contributed by atoms with Gasteiger partial charge >= 0.3 is 0 Å². The summed E-state index contributed by atoms with van der Waals surface area (Å²) in [4.78, 5) is 22.9. The highest BCUT2D eigenvalue weighted by Gasteiger charge is 2.12. The summed E-state index contributed by atoms with van der Waals surface area (Å²) in [5, 5.41) is 2.06. The Morgan fingerprint density at radius 3 is 2.35 bits per heavy atom. The van der Waals surface area contributed by atoms with E-state index in [-0.39, 0.29) is 11.6 Å². The third-order valence-corrected chi connectivity index (χ3v) is 2.85. The number of benzene rings is 2. The Kier molecular flexibility index (Phi) is 3.05. The fourth-order valence-electron chi connectivity index (χ4n) is 2.11. The highest BCUT2D eigenvalue weighted by molar-refractivity contribution is 6.03. The van der Waals surface area contributed by atoms with Gasteiger partial charge < -0.3 is 0 Å². The number of rotatable bonds is 3. The van der Waals surface area contributed by atoms with Gasteiger partial charge in [0.25, 0.3) is 0 Å². The number of carbonyl (C=O) groups is 2. The van der Waals surface area contributed by atoms with Crippen molar-refractivity contribution < 1.29 is 9.59 Å². The number of fused-ring (bicyclic) bond motifs is 1. The molecule has 0 fully saturated rings. The lowest BCUT2D eigenvalue weighted by atomic mass is 9.94. The first-order valence-electron chi connectivity index (χ1n) is 5.60. The van der Waals surface area contributed by atoms with Gasteiger partial charge in [0.1, 0.15) is 5.78 Å². The standard InChI is InChI=1S/C15H14O2/c1-10(16)9-15-13(11(2)17)8-7-12-5-3-4-6-14(12)15/h3-8H,9H2,1-2H3. The molecule has 0 spiro atoms. The molecule has 0 N–H and O–H groups in total. The number of hydrogen-bond donors (Lipinski definition) is 0. The van der Waals surface area contributed by atoms with E-state index in [9.17, 15) is 9.59 Å². The van der Waals surface area contributed by atoms with Crippen LogP contribution >= 0.6 is 0 Å². The van der Waals surface area contributed by atoms with Gasteiger partial charge in [-0.15, -0.1) is 0 Å². The first-order chi connectivity index (χ1) is 8.09. The molecule has 0 atom stereocenters. The van der Waals surface area contributed by atoms with E-state index in [2.05, 4.69) is 0 Å². The first kappa shape index (κ1) is 11.5. The van der Waals surface area contributed by atoms with Crippen LogP contribution in [0, 0.1) is 0 Å². The zero-order chi connectivity index (χ0) is 12.4. The van der Waals surface area contributed by atoms with Crippen LogP contribution in [0.4, 0.5) is 0 Å². The maximum atomic E-state index is 11.6. The molecule has 2 nitrogen and oxygen atoms in total. The van der Waals surface area contributed by atoms with Crippen molar-refractivity contribution in [3.05, 3.63) is 47.5 Å². The Balaban J connectivity index is 2.74. The van der Waals surface area contributed by atoms with E-state index in [0.29, 0.717) is 12.0 Å². The van der Waals surface area contributed by atoms with Crippen molar-refractivity contribution in [3.63, 3.8) is 0 Å². The summed E-state index contributed by atoms with van der Waals surface area (Å²) < 4.78 is 0. The van der Waals surface area contributed by atoms with Crippen LogP contribution in [0.3, 0.4) is 0 Å². The number of ketones is 2. The quantitative estimate of drug-likeness (QED) is 0.753. The molecule has 0 aliphatic carbocycles. The molecule has 0 unspecified atom stereocenters. The third kappa shape index (κ3) is 2.26. The molecular formula is C15H14O2. The van der Waals surface area contributed by atoms with Crippen molar-refractivity contribution in [2.75, 3.05) is 0 Å². The minimum absolute atomic E-state index is 0.00648. The van der Waals surface area contributed by atoms with Gasteiger partial charge in [-0.3, -0.25) is 9.59 Å². The van der Waals surface area contributed by atoms with Crippen molar-refractivity contribution >= 4 is 22.3 Å². The Morgan fingerprint density at radius 2 is 1.71 bits per heavy atom. The molecule has 0 aliphatic heterocycles. The van der Waals surface area contributed by atoms with Gasteiger partial charge in [-0.2, -0.15) is 0 Å². The molecule has 2 heteroatoms. The lowest BCUT2D eigenvalue weighted by molar-refractivity contribution is -0.116. The third-order valence-electron chi connectivity index (χ3n) is 2.85. The molecule has 2 aromatic carbocycles. The van der Waals surface area contributed by atoms with E-state index in [1.54, 1.807) is 6.92 Å². The monoisotopic (exact) mass is 226 g/mol. The first-order valence-corrected chi connectivity index (χ1v) is 5.60. The molecule has 0 heterocycles. The van der Waals surface area contributed by atoms with Gasteiger partial charge in [0.05, 0.1) is 0 Å². The summed E-state index contributed by atoms with van der Waals surface area (Å²) in [6, 6.07) is 11.6. The van der Waals surface area contributed by atoms with Gasteiger partial charge in [-0.1, -0.05) is 36.4 Å². The Labute approximate surface area is 100 Å². The van der Waals surface area contributed by atoms with E-state index in [0.717, 1.165) is 16.3 Å². The van der Waals surface area contributed by atoms with Gasteiger partial charge in [0.2, 0.25) is 0 Å². The number of hydrogen-bond acceptors (Lipinski definition) is 2. The maximum absolute atomic E-state index is 11.6. The number of carbonyl (C=O) groups excluding carboxylic acids is 2. The predicted octanol–water partition coefficient (Wildman–Crippen LogP) is 3.17. The Hall–Kier alpha value is -1.96. The molecule has 0 radical (unpaired) electrons. The summed E-state index contributed by atoms with van der Waals surface area (Å²) in [5.41, 5.74) is 1.50. The van der Waals surface area contributed by atoms with E-state index in [1.807, 2.05) is 36.4 Å². The smallest absolute Gasteiger partial charge is 0.160 e. The maximum Gasteiger partial charge on any atom is 0.160 e. The molecule has 0 bridgehead atoms. The molecule has 0 aromatic heterocycles. The summed E-state index contributed by atoms with van der Waals surface area (Å²) in [5.74, 6) is 0.0795. The Morgan fingerprint density at radius 1 is 1.00 bits per heavy atom. The zero-order valence-corrected chi connectivity index (χ0v) is 9.99. The fraction of sp³-hybridized carbons (Fsp3) is 0.200. The van der Waals surface area contributed by atoms with E-state index < -0.39 is 0 Å². The van der Waals surface area contributed by atoms with Gasteiger partial charge in [0, 0.05) is 12.0 Å². The average molecular weight is 226 g/mol. The summed E-state index contributed by atoms with van der Waals surface area (Å²) in [6.07, 6.45) is 0.316. The molecule has 2 rings (SSSR count). The largest absolute Gasteiger partial charge is 0.300 e. The fourth-order valence-corrected chi connectivity index (χ4v) is 2.11. The molecule has 17 heavy (non-hydrogen) atoms. The molecule has 0 amide bonds. The van der Waals surface area contributed by atoms with Gasteiger partial charge in [-0.05, 0) is 30.2 Å². The van der Waals surface area contributed by atoms with Crippen molar-refractivity contribution in [2.24, 2.45) is 0 Å². The van der Waals surface area contributed by atoms with Crippen LogP contribution in [0.25, 0.3) is 10.8 Å². The van der Waals surface area contributed by atoms with Gasteiger partial charge in [0.15, 0.2) is 5.78 Å². The van der Waals surface area contributed by atoms with Crippen LogP contribution in [0.5, 0.6) is 0 Å². The van der Waals surface area contributed by atoms with Crippen molar-refractivity contribution in [3.8, 4) is 0 Å². The van der Waals surface area contributed by atoms with Crippen LogP contribution in [0.15, 0.2) is 36.4 Å². The SMILES string of the molecule is CC(=O)Cc1c(C(C)=O)ccc2ccccc12. The van der Waals surface area contributed by atoms with E-state index >= 15 is 0 Å². The molecule has 0 aliphatic rings. The van der Waals surface area contributed by atoms with E-state index in [4.69, 9.17) is 0 Å². The number of Topliss-reactive ketones (excluding diaryl/α,β-unsaturated/α-hetero) is 2. The molecular weight excluding hydrogens is 212 g/mol. The minimum atomic E-state index is 0.00648. The summed E-state index contributed by atoms with van der Waals surface area (Å²) in [6.45, 7) is 3.08. The average Bonchev–Trinajstić information content (AvgIpc) is 2.28. The molecule has 0 saturated carbocycles. The van der Waals surface area contributed by atoms with Crippen LogP contribution < -0.4 is 0 Å². The van der Waals surface area contributed by atoms with Crippen LogP contribution in [-0.4, -0.2) is 11.6 Å². The zero-order valence-electron chi connectivity index (χ0n) is 9.99. The van der Waals surface area contributed by atoms with Gasteiger partial charge in [-0.25, -0.2) is 0 Å². The van der Waals surface area contributed by atoms with Crippen LogP contribution in [0.1, 0.15) is 29.8 Å². The lowest BCUT2D eigenvalue weighted by Gasteiger charge is -2.09. The van der Waals surface area contributed by atoms with Crippen molar-refractivity contribution in [1.29, 1.82) is 0 Å². The van der Waals surface area contributed by atoms with Crippen LogP contribution in [0.2, 0.25) is 0 Å². The summed E-state index contributed by atoms with van der Waals surface area (Å²) in [7, 11) is 0. The second-order valence-electron chi connectivity index (χ2n) is 4.25. The van der Waals surface area contributed by atoms with E-state index in [1.165, 1.54) is 6.92 Å². The molecule has 0 saturated heterocycles. The second-order valence-corrected chi connectivity index (χ2v) is 4.25. The second kappa shape index (κ2) is 4.50. The normalized spacial score (nSPS) is 10.5. The molecule has 2 aromatic rings. The lowest BCUT2D eigenvalue weighted by Crippen LogP contribution is -2.05. The topological polar surface area (TPSA) is 34.1 Å². The predicted molar refractivity (Wildman–Crippen MR) is 68.3 cm³/mol. The van der Waals surface area contributed by atoms with Crippen LogP contribution in [-0.2, 0) is 11.2 Å². The molecule has 86 valence electrons.